The minimum Gasteiger partial charge on any atom is -0.497 e. The van der Waals surface area contributed by atoms with Crippen molar-refractivity contribution in [2.45, 2.75) is 11.3 Å². The molecule has 0 aromatic heterocycles. The highest BCUT2D eigenvalue weighted by Crippen LogP contribution is 2.33. The van der Waals surface area contributed by atoms with Gasteiger partial charge in [-0.2, -0.15) is 0 Å². The van der Waals surface area contributed by atoms with Crippen LogP contribution in [0.2, 0.25) is 0 Å². The van der Waals surface area contributed by atoms with Crippen molar-refractivity contribution in [3.05, 3.63) is 72.3 Å². The fourth-order valence-electron chi connectivity index (χ4n) is 3.26. The molecule has 0 spiro atoms. The minimum atomic E-state index is -0.263. The van der Waals surface area contributed by atoms with E-state index >= 15 is 0 Å². The van der Waals surface area contributed by atoms with Gasteiger partial charge in [-0.25, -0.2) is 0 Å². The van der Waals surface area contributed by atoms with Gasteiger partial charge in [0.1, 0.15) is 5.75 Å². The van der Waals surface area contributed by atoms with Crippen LogP contribution < -0.4 is 24.8 Å². The monoisotopic (exact) mass is 464 g/mol. The van der Waals surface area contributed by atoms with E-state index in [9.17, 15) is 9.59 Å². The predicted molar refractivity (Wildman–Crippen MR) is 129 cm³/mol. The van der Waals surface area contributed by atoms with Crippen LogP contribution in [0.3, 0.4) is 0 Å². The van der Waals surface area contributed by atoms with Crippen molar-refractivity contribution in [2.75, 3.05) is 36.7 Å². The maximum Gasteiger partial charge on any atom is 0.256 e. The third kappa shape index (κ3) is 5.98. The molecule has 1 heterocycles. The summed E-state index contributed by atoms with van der Waals surface area (Å²) in [7, 11) is 1.57. The van der Waals surface area contributed by atoms with Gasteiger partial charge in [0.05, 0.1) is 31.6 Å². The van der Waals surface area contributed by atoms with Crippen LogP contribution in [-0.2, 0) is 4.79 Å². The fourth-order valence-corrected chi connectivity index (χ4v) is 4.11. The molecule has 170 valence electrons. The number of carbonyl (C=O) groups excluding carboxylic acids is 2. The van der Waals surface area contributed by atoms with Gasteiger partial charge < -0.3 is 24.8 Å². The number of amides is 2. The highest BCUT2D eigenvalue weighted by Gasteiger charge is 2.16. The number of carbonyl (C=O) groups is 2. The number of rotatable bonds is 7. The summed E-state index contributed by atoms with van der Waals surface area (Å²) in [5.74, 6) is 1.67. The van der Waals surface area contributed by atoms with E-state index in [0.717, 1.165) is 6.42 Å². The molecule has 33 heavy (non-hydrogen) atoms. The molecule has 3 aromatic carbocycles. The molecule has 0 saturated heterocycles. The second-order valence-electron chi connectivity index (χ2n) is 7.23. The van der Waals surface area contributed by atoms with Gasteiger partial charge in [0, 0.05) is 34.8 Å². The van der Waals surface area contributed by atoms with E-state index in [1.165, 1.54) is 11.8 Å². The Balaban J connectivity index is 1.40. The van der Waals surface area contributed by atoms with Crippen molar-refractivity contribution < 1.29 is 23.8 Å². The van der Waals surface area contributed by atoms with Crippen LogP contribution in [0.25, 0.3) is 0 Å². The van der Waals surface area contributed by atoms with Gasteiger partial charge in [-0.3, -0.25) is 9.59 Å². The summed E-state index contributed by atoms with van der Waals surface area (Å²) >= 11 is 1.30. The summed E-state index contributed by atoms with van der Waals surface area (Å²) in [4.78, 5) is 26.1. The molecule has 7 nitrogen and oxygen atoms in total. The quantitative estimate of drug-likeness (QED) is 0.487. The van der Waals surface area contributed by atoms with E-state index < -0.39 is 0 Å². The molecule has 4 rings (SSSR count). The Kier molecular flexibility index (Phi) is 7.36. The Morgan fingerprint density at radius 2 is 1.70 bits per heavy atom. The van der Waals surface area contributed by atoms with Gasteiger partial charge in [0.2, 0.25) is 5.91 Å². The molecule has 0 unspecified atom stereocenters. The number of fused-ring (bicyclic) bond motifs is 1. The first-order valence-electron chi connectivity index (χ1n) is 10.5. The van der Waals surface area contributed by atoms with Crippen molar-refractivity contribution in [1.29, 1.82) is 0 Å². The van der Waals surface area contributed by atoms with Gasteiger partial charge in [0.15, 0.2) is 11.5 Å². The third-order valence-corrected chi connectivity index (χ3v) is 5.92. The van der Waals surface area contributed by atoms with Crippen LogP contribution in [0, 0.1) is 0 Å². The average molecular weight is 465 g/mol. The lowest BCUT2D eigenvalue weighted by atomic mass is 10.2. The molecule has 0 fully saturated rings. The Labute approximate surface area is 196 Å². The second kappa shape index (κ2) is 10.8. The zero-order chi connectivity index (χ0) is 23.0. The van der Waals surface area contributed by atoms with Crippen LogP contribution in [0.4, 0.5) is 11.4 Å². The van der Waals surface area contributed by atoms with Crippen molar-refractivity contribution in [2.24, 2.45) is 0 Å². The largest absolute Gasteiger partial charge is 0.497 e. The molecule has 1 aliphatic rings. The number of nitrogens with one attached hydrogen (secondary N) is 2. The molecule has 0 bridgehead atoms. The van der Waals surface area contributed by atoms with E-state index in [0.29, 0.717) is 52.3 Å². The number of anilines is 2. The third-order valence-electron chi connectivity index (χ3n) is 4.85. The van der Waals surface area contributed by atoms with Gasteiger partial charge in [-0.15, -0.1) is 11.8 Å². The van der Waals surface area contributed by atoms with Crippen molar-refractivity contribution in [3.8, 4) is 17.2 Å². The molecular formula is C25H24N2O5S. The first-order chi connectivity index (χ1) is 16.1. The first-order valence-corrected chi connectivity index (χ1v) is 11.5. The SMILES string of the molecule is COc1cccc(NC(=O)CSc2ccccc2C(=O)Nc2ccc3c(c2)OCCCO3)c1. The van der Waals surface area contributed by atoms with E-state index in [2.05, 4.69) is 10.6 Å². The topological polar surface area (TPSA) is 85.9 Å². The fraction of sp³-hybridized carbons (Fsp3) is 0.200. The van der Waals surface area contributed by atoms with Crippen LogP contribution >= 0.6 is 11.8 Å². The number of benzene rings is 3. The van der Waals surface area contributed by atoms with Crippen LogP contribution in [0.1, 0.15) is 16.8 Å². The molecule has 0 radical (unpaired) electrons. The molecule has 0 aliphatic carbocycles. The Morgan fingerprint density at radius 1 is 0.909 bits per heavy atom. The maximum absolute atomic E-state index is 13.0. The van der Waals surface area contributed by atoms with E-state index in [-0.39, 0.29) is 17.6 Å². The molecule has 2 amide bonds. The molecule has 0 saturated carbocycles. The number of thioether (sulfide) groups is 1. The van der Waals surface area contributed by atoms with E-state index in [1.807, 2.05) is 18.2 Å². The Bertz CT molecular complexity index is 1150. The molecule has 3 aromatic rings. The van der Waals surface area contributed by atoms with Crippen LogP contribution in [0.5, 0.6) is 17.2 Å². The van der Waals surface area contributed by atoms with Crippen molar-refractivity contribution in [1.82, 2.24) is 0 Å². The van der Waals surface area contributed by atoms with E-state index in [1.54, 1.807) is 55.6 Å². The minimum absolute atomic E-state index is 0.158. The van der Waals surface area contributed by atoms with Gasteiger partial charge in [-0.1, -0.05) is 18.2 Å². The average Bonchev–Trinajstić information content (AvgIpc) is 3.08. The summed E-state index contributed by atoms with van der Waals surface area (Å²) in [6, 6.07) is 19.7. The number of hydrogen-bond donors (Lipinski definition) is 2. The molecule has 0 atom stereocenters. The Morgan fingerprint density at radius 3 is 2.55 bits per heavy atom. The molecular weight excluding hydrogens is 440 g/mol. The molecule has 2 N–H and O–H groups in total. The highest BCUT2D eigenvalue weighted by atomic mass is 32.2. The summed E-state index contributed by atoms with van der Waals surface area (Å²) in [6.45, 7) is 1.18. The summed E-state index contributed by atoms with van der Waals surface area (Å²) < 4.78 is 16.5. The second-order valence-corrected chi connectivity index (χ2v) is 8.25. The summed E-state index contributed by atoms with van der Waals surface area (Å²) in [6.07, 6.45) is 0.812. The molecule has 8 heteroatoms. The number of ether oxygens (including phenoxy) is 3. The van der Waals surface area contributed by atoms with Gasteiger partial charge in [0.25, 0.3) is 5.91 Å². The summed E-state index contributed by atoms with van der Waals surface area (Å²) in [5, 5.41) is 5.75. The highest BCUT2D eigenvalue weighted by molar-refractivity contribution is 8.00. The number of methoxy groups -OCH3 is 1. The Hall–Kier alpha value is -3.65. The van der Waals surface area contributed by atoms with Crippen molar-refractivity contribution >= 4 is 35.0 Å². The lowest BCUT2D eigenvalue weighted by Crippen LogP contribution is -2.16. The normalized spacial score (nSPS) is 12.4. The first kappa shape index (κ1) is 22.5. The van der Waals surface area contributed by atoms with E-state index in [4.69, 9.17) is 14.2 Å². The van der Waals surface area contributed by atoms with Crippen LogP contribution in [0.15, 0.2) is 71.6 Å². The molecule has 1 aliphatic heterocycles. The predicted octanol–water partition coefficient (Wildman–Crippen LogP) is 4.84. The lowest BCUT2D eigenvalue weighted by Gasteiger charge is -2.12. The maximum atomic E-state index is 13.0. The van der Waals surface area contributed by atoms with Gasteiger partial charge >= 0.3 is 0 Å². The smallest absolute Gasteiger partial charge is 0.256 e. The number of hydrogen-bond acceptors (Lipinski definition) is 6. The zero-order valence-corrected chi connectivity index (χ0v) is 18.9. The van der Waals surface area contributed by atoms with Crippen LogP contribution in [-0.4, -0.2) is 37.9 Å². The summed E-state index contributed by atoms with van der Waals surface area (Å²) in [5.41, 5.74) is 1.75. The van der Waals surface area contributed by atoms with Gasteiger partial charge in [-0.05, 0) is 36.4 Å². The standard InChI is InChI=1S/C25H24N2O5S/c1-30-19-7-4-6-17(14-19)26-24(28)16-33-23-9-3-2-8-20(23)25(29)27-18-10-11-21-22(15-18)32-13-5-12-31-21/h2-4,6-11,14-15H,5,12-13,16H2,1H3,(H,26,28)(H,27,29). The lowest BCUT2D eigenvalue weighted by molar-refractivity contribution is -0.113. The zero-order valence-electron chi connectivity index (χ0n) is 18.1. The van der Waals surface area contributed by atoms with Crippen molar-refractivity contribution in [3.63, 3.8) is 0 Å².